The van der Waals surface area contributed by atoms with E-state index in [-0.39, 0.29) is 41.1 Å². The number of rotatable bonds is 33. The number of aromatic nitrogens is 8. The first-order valence-electron chi connectivity index (χ1n) is 29.4. The number of aromatic amines is 2. The number of amides is 4. The molecular formula is C63H84N12O9S2. The van der Waals surface area contributed by atoms with Crippen LogP contribution in [0.4, 0.5) is 0 Å². The minimum Gasteiger partial charge on any atom is -0.481 e. The number of ether oxygens (including phenoxy) is 1. The molecule has 0 saturated heterocycles. The molecule has 4 amide bonds. The van der Waals surface area contributed by atoms with E-state index in [1.54, 1.807) is 9.80 Å². The summed E-state index contributed by atoms with van der Waals surface area (Å²) < 4.78 is 4.88. The monoisotopic (exact) mass is 1220 g/mol. The van der Waals surface area contributed by atoms with E-state index in [2.05, 4.69) is 78.4 Å². The van der Waals surface area contributed by atoms with Gasteiger partial charge in [0.2, 0.25) is 35.3 Å². The zero-order valence-corrected chi connectivity index (χ0v) is 52.4. The van der Waals surface area contributed by atoms with Gasteiger partial charge in [0.05, 0.1) is 20.0 Å². The Labute approximate surface area is 514 Å². The summed E-state index contributed by atoms with van der Waals surface area (Å²) in [6, 6.07) is 29.1. The second kappa shape index (κ2) is 36.3. The molecule has 0 aliphatic heterocycles. The third-order valence-corrected chi connectivity index (χ3v) is 15.6. The average Bonchev–Trinajstić information content (AvgIpc) is 4.32. The Morgan fingerprint density at radius 1 is 0.605 bits per heavy atom. The molecule has 0 radical (unpaired) electrons. The van der Waals surface area contributed by atoms with Gasteiger partial charge in [-0.15, -0.1) is 20.4 Å². The highest BCUT2D eigenvalue weighted by Crippen LogP contribution is 2.32. The number of thioether (sulfide) groups is 1. The molecule has 0 aliphatic carbocycles. The fraction of sp³-hybridized carbons (Fsp3) is 0.476. The number of tetrazole rings is 2. The number of H-pyrrole nitrogens is 2. The molecule has 0 bridgehead atoms. The van der Waals surface area contributed by atoms with Gasteiger partial charge in [0.25, 0.3) is 0 Å². The number of hydrogen-bond donors (Lipinski definition) is 6. The number of nitrogens with one attached hydrogen (secondary N) is 4. The molecule has 4 aromatic carbocycles. The van der Waals surface area contributed by atoms with Crippen LogP contribution in [-0.4, -0.2) is 141 Å². The highest BCUT2D eigenvalue weighted by atomic mass is 32.2. The smallest absolute Gasteiger partial charge is 0.308 e. The van der Waals surface area contributed by atoms with Gasteiger partial charge in [0.1, 0.15) is 12.1 Å². The number of carbonyl (C=O) groups is 7. The number of hydrogen-bond acceptors (Lipinski definition) is 16. The van der Waals surface area contributed by atoms with E-state index >= 15 is 0 Å². The molecule has 462 valence electrons. The van der Waals surface area contributed by atoms with Crippen LogP contribution < -0.4 is 10.6 Å². The van der Waals surface area contributed by atoms with Crippen molar-refractivity contribution in [3.8, 4) is 45.0 Å². The number of aliphatic carboxylic acids is 1. The van der Waals surface area contributed by atoms with Crippen LogP contribution in [-0.2, 0) is 51.4 Å². The number of esters is 1. The number of unbranched alkanes of at least 4 members (excludes halogenated alkanes) is 4. The predicted molar refractivity (Wildman–Crippen MR) is 336 cm³/mol. The molecule has 23 heteroatoms. The fourth-order valence-corrected chi connectivity index (χ4v) is 10.8. The zero-order valence-electron chi connectivity index (χ0n) is 50.7. The van der Waals surface area contributed by atoms with Crippen molar-refractivity contribution in [1.82, 2.24) is 61.7 Å². The van der Waals surface area contributed by atoms with Gasteiger partial charge in [0.15, 0.2) is 5.12 Å². The molecule has 0 saturated carbocycles. The largest absolute Gasteiger partial charge is 0.481 e. The highest BCUT2D eigenvalue weighted by molar-refractivity contribution is 8.13. The molecule has 0 spiro atoms. The van der Waals surface area contributed by atoms with E-state index in [1.807, 2.05) is 125 Å². The maximum absolute atomic E-state index is 14.0. The summed E-state index contributed by atoms with van der Waals surface area (Å²) in [6.45, 7) is 15.2. The van der Waals surface area contributed by atoms with Crippen molar-refractivity contribution in [2.24, 2.45) is 23.7 Å². The van der Waals surface area contributed by atoms with Crippen LogP contribution in [0.2, 0.25) is 0 Å². The maximum Gasteiger partial charge on any atom is 0.308 e. The molecule has 2 heterocycles. The number of benzene rings is 4. The Morgan fingerprint density at radius 2 is 1.02 bits per heavy atom. The summed E-state index contributed by atoms with van der Waals surface area (Å²) >= 11 is 5.40. The normalized spacial score (nSPS) is 12.5. The summed E-state index contributed by atoms with van der Waals surface area (Å²) in [4.78, 5) is 93.2. The SMILES string of the molecule is CCCCCN(Cc1ccc(-c2ccccc2-c2nn[nH]n2)cc1)C(=O)[C@H](CC(=O)O)NC(=O)C(CS)CC(C)C.CCCCCN(Cc1ccc(-c2ccccc2-c2nn[nH]n2)cc1)C(=O)[C@H](CC(=O)OC)NC(=O)C(CSC(C)=O)CC(C)C. The minimum absolute atomic E-state index is 0.0786. The van der Waals surface area contributed by atoms with Crippen molar-refractivity contribution in [3.05, 3.63) is 108 Å². The van der Waals surface area contributed by atoms with Crippen molar-refractivity contribution in [2.45, 2.75) is 138 Å². The number of thiol groups is 1. The van der Waals surface area contributed by atoms with Crippen LogP contribution in [0, 0.1) is 23.7 Å². The molecule has 6 aromatic rings. The molecule has 2 unspecified atom stereocenters. The predicted octanol–water partition coefficient (Wildman–Crippen LogP) is 9.65. The maximum atomic E-state index is 14.0. The second-order valence-corrected chi connectivity index (χ2v) is 23.6. The van der Waals surface area contributed by atoms with E-state index < -0.39 is 48.2 Å². The quantitative estimate of drug-likeness (QED) is 0.0127. The lowest BCUT2D eigenvalue weighted by atomic mass is 9.97. The molecule has 86 heavy (non-hydrogen) atoms. The summed E-state index contributed by atoms with van der Waals surface area (Å²) in [6.07, 6.45) is 5.76. The van der Waals surface area contributed by atoms with E-state index in [4.69, 9.17) is 4.74 Å². The van der Waals surface area contributed by atoms with Gasteiger partial charge >= 0.3 is 11.9 Å². The lowest BCUT2D eigenvalue weighted by molar-refractivity contribution is -0.146. The van der Waals surface area contributed by atoms with E-state index in [1.165, 1.54) is 14.0 Å². The van der Waals surface area contributed by atoms with Crippen molar-refractivity contribution in [2.75, 3.05) is 31.7 Å². The Morgan fingerprint density at radius 3 is 1.40 bits per heavy atom. The third kappa shape index (κ3) is 22.2. The molecule has 2 aromatic heterocycles. The topological polar surface area (TPSA) is 288 Å². The van der Waals surface area contributed by atoms with Gasteiger partial charge in [-0.1, -0.05) is 176 Å². The van der Waals surface area contributed by atoms with Gasteiger partial charge in [0, 0.05) is 67.6 Å². The zero-order chi connectivity index (χ0) is 62.5. The summed E-state index contributed by atoms with van der Waals surface area (Å²) in [5, 5.41) is 43.8. The van der Waals surface area contributed by atoms with Crippen LogP contribution in [0.1, 0.15) is 124 Å². The molecule has 5 N–H and O–H groups in total. The Bertz CT molecular complexity index is 3070. The van der Waals surface area contributed by atoms with Crippen molar-refractivity contribution >= 4 is 65.1 Å². The molecule has 6 rings (SSSR count). The summed E-state index contributed by atoms with van der Waals surface area (Å²) in [7, 11) is 1.26. The molecular weight excluding hydrogens is 1130 g/mol. The number of carboxylic acids is 1. The van der Waals surface area contributed by atoms with Crippen LogP contribution in [0.15, 0.2) is 97.1 Å². The van der Waals surface area contributed by atoms with Gasteiger partial charge in [-0.3, -0.25) is 33.6 Å². The molecule has 0 fully saturated rings. The van der Waals surface area contributed by atoms with E-state index in [9.17, 15) is 38.7 Å². The second-order valence-electron chi connectivity index (χ2n) is 22.0. The first-order valence-corrected chi connectivity index (χ1v) is 31.0. The Hall–Kier alpha value is -7.79. The lowest BCUT2D eigenvalue weighted by Gasteiger charge is -2.29. The number of methoxy groups -OCH3 is 1. The number of carbonyl (C=O) groups excluding carboxylic acids is 6. The summed E-state index contributed by atoms with van der Waals surface area (Å²) in [5.74, 6) is -1.97. The van der Waals surface area contributed by atoms with Crippen LogP contribution in [0.25, 0.3) is 45.0 Å². The molecule has 0 aliphatic rings. The third-order valence-electron chi connectivity index (χ3n) is 14.2. The van der Waals surface area contributed by atoms with E-state index in [0.717, 1.165) is 94.8 Å². The van der Waals surface area contributed by atoms with Gasteiger partial charge in [-0.25, -0.2) is 0 Å². The van der Waals surface area contributed by atoms with Crippen molar-refractivity contribution < 1.29 is 43.4 Å². The first-order chi connectivity index (χ1) is 41.3. The lowest BCUT2D eigenvalue weighted by Crippen LogP contribution is -2.51. The molecule has 4 atom stereocenters. The van der Waals surface area contributed by atoms with Gasteiger partial charge in [-0.2, -0.15) is 23.1 Å². The number of carboxylic acid groups (broad SMARTS) is 1. The highest BCUT2D eigenvalue weighted by Gasteiger charge is 2.33. The van der Waals surface area contributed by atoms with Crippen molar-refractivity contribution in [3.63, 3.8) is 0 Å². The number of nitrogens with zero attached hydrogens (tertiary/aromatic N) is 8. The standard InChI is InChI=1S/C33H44N6O5S.C30H40N6O4S/c1-6-7-10-17-39(20-24-13-15-25(16-14-24)27-11-8-9-12-28(27)31-35-37-38-36-31)33(43)29(19-30(41)44-5)34-32(42)26(18-22(2)3)21-45-23(4)40;1-4-5-8-15-36(30(40)26(17-27(37)38)31-29(39)23(19-41)16-20(2)3)18-21-11-13-22(14-12-21)24-9-6-7-10-25(24)28-32-34-35-33-28/h8-9,11-16,22,26,29H,6-7,10,17-21H2,1-5H3,(H,34,42)(H,35,36,37,38);6-7,9-14,20,23,26,41H,4-5,8,15-19H2,1-3H3,(H,31,39)(H,37,38)(H,32,33,34,35)/t26?,29-;23?,26-/m00/s1. The Balaban J connectivity index is 0.000000315. The first kappa shape index (κ1) is 69.0. The van der Waals surface area contributed by atoms with Gasteiger partial charge < -0.3 is 30.3 Å². The van der Waals surface area contributed by atoms with Crippen molar-refractivity contribution in [1.29, 1.82) is 0 Å². The van der Waals surface area contributed by atoms with Crippen LogP contribution >= 0.6 is 24.4 Å². The van der Waals surface area contributed by atoms with E-state index in [0.29, 0.717) is 62.2 Å². The summed E-state index contributed by atoms with van der Waals surface area (Å²) in [5.41, 5.74) is 7.28. The fourth-order valence-electron chi connectivity index (χ4n) is 9.79. The minimum atomic E-state index is -1.16. The van der Waals surface area contributed by atoms with Crippen LogP contribution in [0.3, 0.4) is 0 Å². The average molecular weight is 1220 g/mol. The van der Waals surface area contributed by atoms with Gasteiger partial charge in [-0.05, 0) is 81.3 Å². The Kier molecular flexibility index (Phi) is 29.1. The molecule has 21 nitrogen and oxygen atoms in total. The van der Waals surface area contributed by atoms with Crippen LogP contribution in [0.5, 0.6) is 0 Å².